The average molecular weight is 316 g/mol. The van der Waals surface area contributed by atoms with Crippen molar-refractivity contribution in [3.8, 4) is 10.6 Å². The highest BCUT2D eigenvalue weighted by Crippen LogP contribution is 2.27. The van der Waals surface area contributed by atoms with Crippen LogP contribution in [0.5, 0.6) is 0 Å². The number of hydrogen-bond donors (Lipinski definition) is 1. The number of aliphatic carboxylic acids is 1. The van der Waals surface area contributed by atoms with Gasteiger partial charge in [0.05, 0.1) is 12.1 Å². The number of amides is 1. The molecule has 0 bridgehead atoms. The van der Waals surface area contributed by atoms with Gasteiger partial charge in [0.2, 0.25) is 0 Å². The first-order valence-electron chi connectivity index (χ1n) is 7.18. The third-order valence-corrected chi connectivity index (χ3v) is 4.83. The van der Waals surface area contributed by atoms with Gasteiger partial charge in [0.1, 0.15) is 9.88 Å². The molecule has 1 amide bonds. The van der Waals surface area contributed by atoms with Gasteiger partial charge in [-0.2, -0.15) is 0 Å². The van der Waals surface area contributed by atoms with Gasteiger partial charge in [-0.3, -0.25) is 9.59 Å². The number of benzene rings is 1. The van der Waals surface area contributed by atoms with Gasteiger partial charge in [-0.05, 0) is 12.8 Å². The van der Waals surface area contributed by atoms with Crippen LogP contribution in [0.25, 0.3) is 10.6 Å². The Morgan fingerprint density at radius 3 is 2.77 bits per heavy atom. The predicted molar refractivity (Wildman–Crippen MR) is 83.8 cm³/mol. The first-order chi connectivity index (χ1) is 10.6. The number of carbonyl (C=O) groups is 2. The van der Waals surface area contributed by atoms with E-state index in [-0.39, 0.29) is 12.5 Å². The molecular weight excluding hydrogens is 300 g/mol. The van der Waals surface area contributed by atoms with E-state index in [0.717, 1.165) is 17.0 Å². The van der Waals surface area contributed by atoms with Gasteiger partial charge >= 0.3 is 5.97 Å². The highest BCUT2D eigenvalue weighted by Gasteiger charge is 2.29. The molecule has 2 aromatic rings. The largest absolute Gasteiger partial charge is 0.481 e. The van der Waals surface area contributed by atoms with Crippen LogP contribution in [0.15, 0.2) is 36.5 Å². The minimum absolute atomic E-state index is 0.120. The molecule has 1 N–H and O–H groups in total. The molecule has 1 aliphatic rings. The number of carboxylic acid groups (broad SMARTS) is 1. The Hall–Kier alpha value is -2.21. The maximum Gasteiger partial charge on any atom is 0.308 e. The molecule has 1 atom stereocenters. The number of rotatable bonds is 3. The number of thiazole rings is 1. The molecule has 1 aromatic carbocycles. The molecule has 5 nitrogen and oxygen atoms in total. The van der Waals surface area contributed by atoms with Crippen molar-refractivity contribution >= 4 is 23.2 Å². The Kier molecular flexibility index (Phi) is 4.20. The third kappa shape index (κ3) is 3.01. The second-order valence-electron chi connectivity index (χ2n) is 5.32. The summed E-state index contributed by atoms with van der Waals surface area (Å²) in [5, 5.41) is 9.92. The normalized spacial score (nSPS) is 18.2. The summed E-state index contributed by atoms with van der Waals surface area (Å²) in [7, 11) is 0. The van der Waals surface area contributed by atoms with E-state index in [2.05, 4.69) is 4.98 Å². The topological polar surface area (TPSA) is 70.5 Å². The van der Waals surface area contributed by atoms with E-state index < -0.39 is 11.9 Å². The van der Waals surface area contributed by atoms with E-state index in [4.69, 9.17) is 5.11 Å². The fraction of sp³-hybridized carbons (Fsp3) is 0.312. The molecular formula is C16H16N2O3S. The van der Waals surface area contributed by atoms with Gasteiger partial charge in [-0.25, -0.2) is 4.98 Å². The molecule has 1 fully saturated rings. The Labute approximate surface area is 132 Å². The van der Waals surface area contributed by atoms with E-state index in [0.29, 0.717) is 17.8 Å². The quantitative estimate of drug-likeness (QED) is 0.945. The van der Waals surface area contributed by atoms with Gasteiger partial charge < -0.3 is 10.0 Å². The number of piperidine rings is 1. The summed E-state index contributed by atoms with van der Waals surface area (Å²) in [5.41, 5.74) is 0.980. The summed E-state index contributed by atoms with van der Waals surface area (Å²) in [4.78, 5) is 30.1. The molecule has 1 aliphatic heterocycles. The summed E-state index contributed by atoms with van der Waals surface area (Å²) in [6.45, 7) is 0.897. The van der Waals surface area contributed by atoms with Gasteiger partial charge in [-0.15, -0.1) is 11.3 Å². The zero-order valence-corrected chi connectivity index (χ0v) is 12.8. The maximum atomic E-state index is 12.5. The van der Waals surface area contributed by atoms with Crippen LogP contribution in [0.3, 0.4) is 0 Å². The van der Waals surface area contributed by atoms with Crippen molar-refractivity contribution < 1.29 is 14.7 Å². The minimum Gasteiger partial charge on any atom is -0.481 e. The molecule has 1 saturated heterocycles. The standard InChI is InChI=1S/C16H16N2O3S/c19-15(18-8-4-7-12(10-18)16(20)21)13-9-17-14(22-13)11-5-2-1-3-6-11/h1-3,5-6,9,12H,4,7-8,10H2,(H,20,21)/t12-/m0/s1. The molecule has 3 rings (SSSR count). The van der Waals surface area contributed by atoms with E-state index in [9.17, 15) is 9.59 Å². The molecule has 0 spiro atoms. The lowest BCUT2D eigenvalue weighted by Crippen LogP contribution is -2.42. The fourth-order valence-electron chi connectivity index (χ4n) is 2.61. The third-order valence-electron chi connectivity index (χ3n) is 3.80. The second kappa shape index (κ2) is 6.27. The van der Waals surface area contributed by atoms with Crippen LogP contribution in [0, 0.1) is 5.92 Å². The highest BCUT2D eigenvalue weighted by atomic mass is 32.1. The Bertz CT molecular complexity index is 684. The number of hydrogen-bond acceptors (Lipinski definition) is 4. The van der Waals surface area contributed by atoms with Crippen LogP contribution in [0.2, 0.25) is 0 Å². The SMILES string of the molecule is O=C(O)[C@H]1CCCN(C(=O)c2cnc(-c3ccccc3)s2)C1. The van der Waals surface area contributed by atoms with Crippen LogP contribution < -0.4 is 0 Å². The zero-order valence-electron chi connectivity index (χ0n) is 11.9. The van der Waals surface area contributed by atoms with Gasteiger partial charge in [-0.1, -0.05) is 30.3 Å². The highest BCUT2D eigenvalue weighted by molar-refractivity contribution is 7.16. The smallest absolute Gasteiger partial charge is 0.308 e. The molecule has 22 heavy (non-hydrogen) atoms. The number of likely N-dealkylation sites (tertiary alicyclic amines) is 1. The molecule has 6 heteroatoms. The summed E-state index contributed by atoms with van der Waals surface area (Å²) < 4.78 is 0. The fourth-order valence-corrected chi connectivity index (χ4v) is 3.50. The van der Waals surface area contributed by atoms with Crippen LogP contribution in [0.4, 0.5) is 0 Å². The Morgan fingerprint density at radius 2 is 2.05 bits per heavy atom. The van der Waals surface area contributed by atoms with Crippen molar-refractivity contribution in [1.29, 1.82) is 0 Å². The Balaban J connectivity index is 1.76. The van der Waals surface area contributed by atoms with E-state index in [1.54, 1.807) is 11.1 Å². The molecule has 0 unspecified atom stereocenters. The number of nitrogens with zero attached hydrogens (tertiary/aromatic N) is 2. The summed E-state index contributed by atoms with van der Waals surface area (Å²) in [5.74, 6) is -1.41. The molecule has 0 aliphatic carbocycles. The number of carbonyl (C=O) groups excluding carboxylic acids is 1. The van der Waals surface area contributed by atoms with Crippen molar-refractivity contribution in [2.24, 2.45) is 5.92 Å². The second-order valence-corrected chi connectivity index (χ2v) is 6.35. The lowest BCUT2D eigenvalue weighted by Gasteiger charge is -2.30. The van der Waals surface area contributed by atoms with Crippen LogP contribution in [-0.2, 0) is 4.79 Å². The number of aromatic nitrogens is 1. The van der Waals surface area contributed by atoms with Crippen LogP contribution in [-0.4, -0.2) is 40.0 Å². The zero-order chi connectivity index (χ0) is 15.5. The van der Waals surface area contributed by atoms with Gasteiger partial charge in [0, 0.05) is 18.7 Å². The number of carboxylic acids is 1. The van der Waals surface area contributed by atoms with E-state index in [1.807, 2.05) is 30.3 Å². The van der Waals surface area contributed by atoms with Gasteiger partial charge in [0.25, 0.3) is 5.91 Å². The summed E-state index contributed by atoms with van der Waals surface area (Å²) in [6, 6.07) is 9.70. The minimum atomic E-state index is -0.827. The lowest BCUT2D eigenvalue weighted by atomic mass is 9.98. The monoisotopic (exact) mass is 316 g/mol. The molecule has 0 radical (unpaired) electrons. The molecule has 1 aromatic heterocycles. The summed E-state index contributed by atoms with van der Waals surface area (Å²) >= 11 is 1.35. The summed E-state index contributed by atoms with van der Waals surface area (Å²) in [6.07, 6.45) is 2.95. The molecule has 114 valence electrons. The maximum absolute atomic E-state index is 12.5. The van der Waals surface area contributed by atoms with Crippen molar-refractivity contribution in [1.82, 2.24) is 9.88 Å². The van der Waals surface area contributed by atoms with Crippen molar-refractivity contribution in [2.45, 2.75) is 12.8 Å². The lowest BCUT2D eigenvalue weighted by molar-refractivity contribution is -0.143. The first-order valence-corrected chi connectivity index (χ1v) is 8.00. The first kappa shape index (κ1) is 14.7. The van der Waals surface area contributed by atoms with Crippen molar-refractivity contribution in [3.05, 3.63) is 41.4 Å². The molecule has 2 heterocycles. The van der Waals surface area contributed by atoms with E-state index >= 15 is 0 Å². The average Bonchev–Trinajstić information content (AvgIpc) is 3.05. The molecule has 0 saturated carbocycles. The van der Waals surface area contributed by atoms with Gasteiger partial charge in [0.15, 0.2) is 0 Å². The van der Waals surface area contributed by atoms with E-state index in [1.165, 1.54) is 11.3 Å². The predicted octanol–water partition coefficient (Wildman–Crippen LogP) is 2.75. The van der Waals surface area contributed by atoms with Crippen LogP contribution in [0.1, 0.15) is 22.5 Å². The Morgan fingerprint density at radius 1 is 1.27 bits per heavy atom. The van der Waals surface area contributed by atoms with Crippen molar-refractivity contribution in [3.63, 3.8) is 0 Å². The van der Waals surface area contributed by atoms with Crippen molar-refractivity contribution in [2.75, 3.05) is 13.1 Å². The van der Waals surface area contributed by atoms with Crippen LogP contribution >= 0.6 is 11.3 Å².